The van der Waals surface area contributed by atoms with E-state index >= 15 is 0 Å². The van der Waals surface area contributed by atoms with Crippen LogP contribution in [0.2, 0.25) is 0 Å². The van der Waals surface area contributed by atoms with Crippen molar-refractivity contribution in [2.75, 3.05) is 7.11 Å². The minimum Gasteiger partial charge on any atom is -0.496 e. The summed E-state index contributed by atoms with van der Waals surface area (Å²) in [5.41, 5.74) is 0.771. The van der Waals surface area contributed by atoms with Crippen molar-refractivity contribution in [3.05, 3.63) is 42.1 Å². The number of aromatic nitrogens is 2. The summed E-state index contributed by atoms with van der Waals surface area (Å²) in [5, 5.41) is 6.10. The van der Waals surface area contributed by atoms with Crippen LogP contribution in [0.15, 0.2) is 41.6 Å². The van der Waals surface area contributed by atoms with Crippen molar-refractivity contribution >= 4 is 10.0 Å². The fourth-order valence-electron chi connectivity index (χ4n) is 1.78. The predicted molar refractivity (Wildman–Crippen MR) is 70.3 cm³/mol. The van der Waals surface area contributed by atoms with Gasteiger partial charge in [0.2, 0.25) is 0 Å². The lowest BCUT2D eigenvalue weighted by atomic mass is 10.1. The molecule has 2 rings (SSSR count). The average Bonchev–Trinajstić information content (AvgIpc) is 2.93. The molecule has 0 saturated carbocycles. The van der Waals surface area contributed by atoms with Gasteiger partial charge in [-0.1, -0.05) is 18.2 Å². The Labute approximate surface area is 111 Å². The quantitative estimate of drug-likeness (QED) is 0.869. The van der Waals surface area contributed by atoms with E-state index in [0.29, 0.717) is 5.75 Å². The van der Waals surface area contributed by atoms with E-state index in [0.717, 1.165) is 5.56 Å². The lowest BCUT2D eigenvalue weighted by Gasteiger charge is -2.16. The lowest BCUT2D eigenvalue weighted by molar-refractivity contribution is 0.405. The van der Waals surface area contributed by atoms with Crippen LogP contribution >= 0.6 is 0 Å². The first-order valence-corrected chi connectivity index (χ1v) is 7.17. The molecule has 19 heavy (non-hydrogen) atoms. The maximum atomic E-state index is 12.1. The van der Waals surface area contributed by atoms with Crippen molar-refractivity contribution in [2.45, 2.75) is 18.0 Å². The Morgan fingerprint density at radius 1 is 1.32 bits per heavy atom. The summed E-state index contributed by atoms with van der Waals surface area (Å²) in [6.45, 7) is 1.76. The van der Waals surface area contributed by atoms with E-state index in [9.17, 15) is 8.42 Å². The summed E-state index contributed by atoms with van der Waals surface area (Å²) in [5.74, 6) is 0.641. The van der Waals surface area contributed by atoms with Gasteiger partial charge in [0.15, 0.2) is 5.03 Å². The Morgan fingerprint density at radius 3 is 2.68 bits per heavy atom. The molecule has 0 bridgehead atoms. The maximum Gasteiger partial charge on any atom is 0.258 e. The zero-order valence-electron chi connectivity index (χ0n) is 10.6. The van der Waals surface area contributed by atoms with Gasteiger partial charge in [-0.15, -0.1) is 0 Å². The van der Waals surface area contributed by atoms with Crippen LogP contribution in [0.5, 0.6) is 5.75 Å². The standard InChI is InChI=1S/C12H15N3O3S/c1-9(10-5-3-4-6-11(10)18-2)15-19(16,17)12-7-8-13-14-12/h3-9,15H,1-2H3,(H,13,14). The first-order chi connectivity index (χ1) is 9.04. The van der Waals surface area contributed by atoms with Crippen LogP contribution in [0.3, 0.4) is 0 Å². The first kappa shape index (κ1) is 13.6. The topological polar surface area (TPSA) is 84.1 Å². The van der Waals surface area contributed by atoms with Gasteiger partial charge in [-0.25, -0.2) is 13.1 Å². The summed E-state index contributed by atoms with van der Waals surface area (Å²) in [6.07, 6.45) is 1.39. The Bertz CT molecular complexity index is 638. The van der Waals surface area contributed by atoms with E-state index < -0.39 is 16.1 Å². The van der Waals surface area contributed by atoms with Crippen molar-refractivity contribution < 1.29 is 13.2 Å². The number of nitrogens with one attached hydrogen (secondary N) is 2. The molecule has 0 saturated heterocycles. The van der Waals surface area contributed by atoms with Crippen LogP contribution in [0.1, 0.15) is 18.5 Å². The zero-order valence-corrected chi connectivity index (χ0v) is 11.4. The fraction of sp³-hybridized carbons (Fsp3) is 0.250. The molecule has 2 N–H and O–H groups in total. The Morgan fingerprint density at radius 2 is 2.05 bits per heavy atom. The van der Waals surface area contributed by atoms with Crippen molar-refractivity contribution in [1.82, 2.24) is 14.9 Å². The molecule has 0 aliphatic heterocycles. The van der Waals surface area contributed by atoms with Crippen molar-refractivity contribution in [2.24, 2.45) is 0 Å². The minimum atomic E-state index is -3.61. The third-order valence-corrected chi connectivity index (χ3v) is 4.17. The predicted octanol–water partition coefficient (Wildman–Crippen LogP) is 1.46. The van der Waals surface area contributed by atoms with Crippen molar-refractivity contribution in [1.29, 1.82) is 0 Å². The molecule has 0 fully saturated rings. The minimum absolute atomic E-state index is 0.0363. The van der Waals surface area contributed by atoms with E-state index in [1.54, 1.807) is 20.1 Å². The molecule has 1 aromatic carbocycles. The molecule has 7 heteroatoms. The highest BCUT2D eigenvalue weighted by Crippen LogP contribution is 2.25. The second kappa shape index (κ2) is 5.41. The van der Waals surface area contributed by atoms with E-state index in [4.69, 9.17) is 4.74 Å². The summed E-state index contributed by atoms with van der Waals surface area (Å²) in [4.78, 5) is 0. The number of H-pyrrole nitrogens is 1. The number of rotatable bonds is 5. The smallest absolute Gasteiger partial charge is 0.258 e. The number of hydrogen-bond acceptors (Lipinski definition) is 4. The summed E-state index contributed by atoms with van der Waals surface area (Å²) < 4.78 is 31.9. The fourth-order valence-corrected chi connectivity index (χ4v) is 2.91. The Balaban J connectivity index is 2.24. The van der Waals surface area contributed by atoms with Gasteiger partial charge in [-0.2, -0.15) is 5.10 Å². The van der Waals surface area contributed by atoms with Crippen LogP contribution in [0, 0.1) is 0 Å². The summed E-state index contributed by atoms with van der Waals surface area (Å²) in [7, 11) is -2.06. The van der Waals surface area contributed by atoms with Crippen molar-refractivity contribution in [3.8, 4) is 5.75 Å². The molecule has 1 heterocycles. The van der Waals surface area contributed by atoms with Crippen molar-refractivity contribution in [3.63, 3.8) is 0 Å². The van der Waals surface area contributed by atoms with Gasteiger partial charge in [0, 0.05) is 11.6 Å². The SMILES string of the molecule is COc1ccccc1C(C)NS(=O)(=O)c1ccn[nH]1. The normalized spacial score (nSPS) is 13.2. The van der Waals surface area contributed by atoms with Gasteiger partial charge in [0.05, 0.1) is 13.3 Å². The molecule has 0 radical (unpaired) electrons. The largest absolute Gasteiger partial charge is 0.496 e. The molecule has 0 spiro atoms. The monoisotopic (exact) mass is 281 g/mol. The Hall–Kier alpha value is -1.86. The molecule has 1 atom stereocenters. The second-order valence-corrected chi connectivity index (χ2v) is 5.69. The van der Waals surface area contributed by atoms with E-state index in [2.05, 4.69) is 14.9 Å². The summed E-state index contributed by atoms with van der Waals surface area (Å²) >= 11 is 0. The molecule has 1 aromatic heterocycles. The van der Waals surface area contributed by atoms with E-state index in [1.165, 1.54) is 12.3 Å². The Kier molecular flexibility index (Phi) is 3.87. The molecule has 102 valence electrons. The second-order valence-electron chi connectivity index (χ2n) is 4.01. The molecular formula is C12H15N3O3S. The van der Waals surface area contributed by atoms with Crippen LogP contribution in [0.25, 0.3) is 0 Å². The highest BCUT2D eigenvalue weighted by molar-refractivity contribution is 7.89. The highest BCUT2D eigenvalue weighted by Gasteiger charge is 2.21. The van der Waals surface area contributed by atoms with Gasteiger partial charge in [-0.3, -0.25) is 5.10 Å². The maximum absolute atomic E-state index is 12.1. The van der Waals surface area contributed by atoms with Crippen LogP contribution in [-0.2, 0) is 10.0 Å². The number of hydrogen-bond donors (Lipinski definition) is 2. The first-order valence-electron chi connectivity index (χ1n) is 5.69. The molecule has 0 aliphatic rings. The molecule has 0 amide bonds. The van der Waals surface area contributed by atoms with Gasteiger partial charge in [-0.05, 0) is 19.1 Å². The molecule has 6 nitrogen and oxygen atoms in total. The summed E-state index contributed by atoms with van der Waals surface area (Å²) in [6, 6.07) is 8.26. The molecule has 1 unspecified atom stereocenters. The zero-order chi connectivity index (χ0) is 13.9. The number of methoxy groups -OCH3 is 1. The van der Waals surface area contributed by atoms with Crippen LogP contribution in [-0.4, -0.2) is 25.7 Å². The van der Waals surface area contributed by atoms with Gasteiger partial charge >= 0.3 is 0 Å². The van der Waals surface area contributed by atoms with Crippen LogP contribution < -0.4 is 9.46 Å². The number of para-hydroxylation sites is 1. The third-order valence-electron chi connectivity index (χ3n) is 2.70. The van der Waals surface area contributed by atoms with Gasteiger partial charge in [0.1, 0.15) is 5.75 Å². The van der Waals surface area contributed by atoms with E-state index in [1.807, 2.05) is 18.2 Å². The van der Waals surface area contributed by atoms with Gasteiger partial charge < -0.3 is 4.74 Å². The number of aromatic amines is 1. The molecule has 0 aliphatic carbocycles. The molecule has 2 aromatic rings. The number of ether oxygens (including phenoxy) is 1. The highest BCUT2D eigenvalue weighted by atomic mass is 32.2. The average molecular weight is 281 g/mol. The number of sulfonamides is 1. The van der Waals surface area contributed by atoms with Crippen LogP contribution in [0.4, 0.5) is 0 Å². The number of nitrogens with zero attached hydrogens (tertiary/aromatic N) is 1. The van der Waals surface area contributed by atoms with Gasteiger partial charge in [0.25, 0.3) is 10.0 Å². The van der Waals surface area contributed by atoms with E-state index in [-0.39, 0.29) is 5.03 Å². The molecular weight excluding hydrogens is 266 g/mol. The lowest BCUT2D eigenvalue weighted by Crippen LogP contribution is -2.27. The third kappa shape index (κ3) is 2.94. The number of benzene rings is 1.